The van der Waals surface area contributed by atoms with Gasteiger partial charge in [0.25, 0.3) is 0 Å². The number of para-hydroxylation sites is 1. The molecule has 0 radical (unpaired) electrons. The SMILES string of the molecule is Cc1ccc(NC(=O)CCCCC(C(N)=O)c2cccc(C)c2N)cc1. The average molecular weight is 353 g/mol. The van der Waals surface area contributed by atoms with Crippen molar-refractivity contribution in [2.24, 2.45) is 5.73 Å². The van der Waals surface area contributed by atoms with Gasteiger partial charge in [-0.3, -0.25) is 9.59 Å². The maximum Gasteiger partial charge on any atom is 0.225 e. The fourth-order valence-corrected chi connectivity index (χ4v) is 2.95. The van der Waals surface area contributed by atoms with Crippen LogP contribution in [-0.2, 0) is 9.59 Å². The molecule has 2 aromatic rings. The number of rotatable bonds is 8. The summed E-state index contributed by atoms with van der Waals surface area (Å²) in [5.74, 6) is -0.832. The molecule has 0 spiro atoms. The van der Waals surface area contributed by atoms with Crippen LogP contribution >= 0.6 is 0 Å². The highest BCUT2D eigenvalue weighted by Gasteiger charge is 2.20. The van der Waals surface area contributed by atoms with Gasteiger partial charge in [0.1, 0.15) is 0 Å². The van der Waals surface area contributed by atoms with Gasteiger partial charge in [0.15, 0.2) is 0 Å². The van der Waals surface area contributed by atoms with E-state index in [9.17, 15) is 9.59 Å². The third-order valence-corrected chi connectivity index (χ3v) is 4.56. The number of unbranched alkanes of at least 4 members (excludes halogenated alkanes) is 1. The first-order valence-corrected chi connectivity index (χ1v) is 8.89. The lowest BCUT2D eigenvalue weighted by molar-refractivity contribution is -0.119. The molecule has 26 heavy (non-hydrogen) atoms. The molecule has 2 amide bonds. The van der Waals surface area contributed by atoms with Crippen molar-refractivity contribution >= 4 is 23.2 Å². The van der Waals surface area contributed by atoms with E-state index in [4.69, 9.17) is 11.5 Å². The van der Waals surface area contributed by atoms with Crippen molar-refractivity contribution in [2.45, 2.75) is 45.4 Å². The molecule has 1 unspecified atom stereocenters. The van der Waals surface area contributed by atoms with Crippen LogP contribution in [-0.4, -0.2) is 11.8 Å². The fraction of sp³-hybridized carbons (Fsp3) is 0.333. The molecule has 0 saturated heterocycles. The molecule has 0 heterocycles. The van der Waals surface area contributed by atoms with Gasteiger partial charge in [-0.2, -0.15) is 0 Å². The van der Waals surface area contributed by atoms with Crippen molar-refractivity contribution in [3.05, 3.63) is 59.2 Å². The summed E-state index contributed by atoms with van der Waals surface area (Å²) in [6.45, 7) is 3.91. The second-order valence-corrected chi connectivity index (χ2v) is 6.69. The van der Waals surface area contributed by atoms with Crippen LogP contribution in [0.2, 0.25) is 0 Å². The minimum atomic E-state index is -0.421. The molecular formula is C21H27N3O2. The summed E-state index contributed by atoms with van der Waals surface area (Å²) < 4.78 is 0. The van der Waals surface area contributed by atoms with Crippen LogP contribution < -0.4 is 16.8 Å². The molecule has 5 N–H and O–H groups in total. The Labute approximate surface area is 154 Å². The van der Waals surface area contributed by atoms with E-state index in [-0.39, 0.29) is 11.8 Å². The standard InChI is InChI=1S/C21H27N3O2/c1-14-10-12-16(13-11-14)24-19(25)9-4-3-7-18(21(23)26)17-8-5-6-15(2)20(17)22/h5-6,8,10-13,18H,3-4,7,9,22H2,1-2H3,(H2,23,26)(H,24,25). The zero-order valence-electron chi connectivity index (χ0n) is 15.4. The largest absolute Gasteiger partial charge is 0.398 e. The number of hydrogen-bond donors (Lipinski definition) is 3. The summed E-state index contributed by atoms with van der Waals surface area (Å²) in [7, 11) is 0. The van der Waals surface area contributed by atoms with Gasteiger partial charge < -0.3 is 16.8 Å². The van der Waals surface area contributed by atoms with E-state index in [1.165, 1.54) is 0 Å². The summed E-state index contributed by atoms with van der Waals surface area (Å²) in [5, 5.41) is 2.88. The first-order chi connectivity index (χ1) is 12.4. The van der Waals surface area contributed by atoms with E-state index in [1.54, 1.807) is 0 Å². The highest BCUT2D eigenvalue weighted by Crippen LogP contribution is 2.29. The second kappa shape index (κ2) is 9.04. The molecular weight excluding hydrogens is 326 g/mol. The minimum Gasteiger partial charge on any atom is -0.398 e. The third-order valence-electron chi connectivity index (χ3n) is 4.56. The van der Waals surface area contributed by atoms with Gasteiger partial charge in [-0.05, 0) is 49.9 Å². The normalized spacial score (nSPS) is 11.8. The lowest BCUT2D eigenvalue weighted by Gasteiger charge is -2.17. The number of carbonyl (C=O) groups excluding carboxylic acids is 2. The van der Waals surface area contributed by atoms with Crippen molar-refractivity contribution in [1.29, 1.82) is 0 Å². The molecule has 0 bridgehead atoms. The lowest BCUT2D eigenvalue weighted by Crippen LogP contribution is -2.22. The predicted octanol–water partition coefficient (Wildman–Crippen LogP) is 3.65. The van der Waals surface area contributed by atoms with Crippen molar-refractivity contribution < 1.29 is 9.59 Å². The molecule has 5 nitrogen and oxygen atoms in total. The number of benzene rings is 2. The number of nitrogens with two attached hydrogens (primary N) is 2. The van der Waals surface area contributed by atoms with Crippen molar-refractivity contribution in [3.63, 3.8) is 0 Å². The fourth-order valence-electron chi connectivity index (χ4n) is 2.95. The number of nitrogen functional groups attached to an aromatic ring is 1. The van der Waals surface area contributed by atoms with Crippen LogP contribution in [0.5, 0.6) is 0 Å². The first kappa shape index (κ1) is 19.5. The van der Waals surface area contributed by atoms with E-state index in [2.05, 4.69) is 5.32 Å². The maximum atomic E-state index is 12.0. The Balaban J connectivity index is 1.84. The Hall–Kier alpha value is -2.82. The van der Waals surface area contributed by atoms with E-state index in [0.29, 0.717) is 24.9 Å². The molecule has 0 fully saturated rings. The van der Waals surface area contributed by atoms with Crippen LogP contribution in [0.15, 0.2) is 42.5 Å². The zero-order valence-corrected chi connectivity index (χ0v) is 15.4. The van der Waals surface area contributed by atoms with Crippen LogP contribution in [0.25, 0.3) is 0 Å². The Morgan fingerprint density at radius 3 is 2.38 bits per heavy atom. The number of anilines is 2. The van der Waals surface area contributed by atoms with Gasteiger partial charge in [0.2, 0.25) is 11.8 Å². The topological polar surface area (TPSA) is 98.2 Å². The number of aryl methyl sites for hydroxylation is 2. The van der Waals surface area contributed by atoms with Crippen LogP contribution in [0, 0.1) is 13.8 Å². The molecule has 0 aromatic heterocycles. The molecule has 0 aliphatic carbocycles. The predicted molar refractivity (Wildman–Crippen MR) is 106 cm³/mol. The van der Waals surface area contributed by atoms with Gasteiger partial charge in [-0.15, -0.1) is 0 Å². The summed E-state index contributed by atoms with van der Waals surface area (Å²) >= 11 is 0. The van der Waals surface area contributed by atoms with Gasteiger partial charge in [-0.1, -0.05) is 42.3 Å². The zero-order chi connectivity index (χ0) is 19.1. The minimum absolute atomic E-state index is 0.0282. The molecule has 1 atom stereocenters. The lowest BCUT2D eigenvalue weighted by atomic mass is 9.90. The Kier molecular flexibility index (Phi) is 6.78. The Bertz CT molecular complexity index is 769. The first-order valence-electron chi connectivity index (χ1n) is 8.89. The molecule has 0 aliphatic heterocycles. The number of hydrogen-bond acceptors (Lipinski definition) is 3. The van der Waals surface area contributed by atoms with Crippen LogP contribution in [0.4, 0.5) is 11.4 Å². The summed E-state index contributed by atoms with van der Waals surface area (Å²) in [6, 6.07) is 13.3. The number of nitrogens with one attached hydrogen (secondary N) is 1. The monoisotopic (exact) mass is 353 g/mol. The highest BCUT2D eigenvalue weighted by atomic mass is 16.2. The van der Waals surface area contributed by atoms with Crippen LogP contribution in [0.1, 0.15) is 48.3 Å². The molecule has 0 saturated carbocycles. The molecule has 5 heteroatoms. The molecule has 0 aliphatic rings. The third kappa shape index (κ3) is 5.34. The average Bonchev–Trinajstić information content (AvgIpc) is 2.60. The molecule has 138 valence electrons. The Morgan fingerprint density at radius 1 is 1.04 bits per heavy atom. The maximum absolute atomic E-state index is 12.0. The van der Waals surface area contributed by atoms with Gasteiger partial charge >= 0.3 is 0 Å². The van der Waals surface area contributed by atoms with E-state index >= 15 is 0 Å². The molecule has 2 rings (SSSR count). The van der Waals surface area contributed by atoms with Crippen molar-refractivity contribution in [1.82, 2.24) is 0 Å². The van der Waals surface area contributed by atoms with E-state index in [0.717, 1.165) is 28.8 Å². The Morgan fingerprint density at radius 2 is 1.73 bits per heavy atom. The molecule has 2 aromatic carbocycles. The smallest absolute Gasteiger partial charge is 0.225 e. The number of primary amides is 1. The quantitative estimate of drug-likeness (QED) is 0.499. The van der Waals surface area contributed by atoms with Gasteiger partial charge in [0, 0.05) is 17.8 Å². The summed E-state index contributed by atoms with van der Waals surface area (Å²) in [5.41, 5.74) is 15.9. The van der Waals surface area contributed by atoms with Crippen molar-refractivity contribution in [3.8, 4) is 0 Å². The number of amides is 2. The van der Waals surface area contributed by atoms with Gasteiger partial charge in [-0.25, -0.2) is 0 Å². The van der Waals surface area contributed by atoms with Crippen LogP contribution in [0.3, 0.4) is 0 Å². The van der Waals surface area contributed by atoms with Gasteiger partial charge in [0.05, 0.1) is 5.92 Å². The van der Waals surface area contributed by atoms with E-state index < -0.39 is 5.92 Å². The van der Waals surface area contributed by atoms with Crippen molar-refractivity contribution in [2.75, 3.05) is 11.1 Å². The summed E-state index contributed by atoms with van der Waals surface area (Å²) in [4.78, 5) is 23.9. The summed E-state index contributed by atoms with van der Waals surface area (Å²) in [6.07, 6.45) is 2.40. The second-order valence-electron chi connectivity index (χ2n) is 6.69. The number of carbonyl (C=O) groups is 2. The van der Waals surface area contributed by atoms with E-state index in [1.807, 2.05) is 56.3 Å². The highest BCUT2D eigenvalue weighted by molar-refractivity contribution is 5.90.